The normalized spacial score (nSPS) is 10.0. The maximum Gasteiger partial charge on any atom is 0.225 e. The summed E-state index contributed by atoms with van der Waals surface area (Å²) in [6, 6.07) is 0. The molecule has 82 valence electrons. The number of aromatic nitrogens is 2. The molecule has 0 atom stereocenters. The molecule has 0 saturated carbocycles. The zero-order valence-electron chi connectivity index (χ0n) is 9.01. The Balaban J connectivity index is 2.50. The monoisotopic (exact) mass is 209 g/mol. The highest BCUT2D eigenvalue weighted by Crippen LogP contribution is 2.03. The first kappa shape index (κ1) is 11.6. The Kier molecular flexibility index (Phi) is 4.70. The molecule has 0 N–H and O–H groups in total. The fourth-order valence-corrected chi connectivity index (χ4v) is 1.04. The van der Waals surface area contributed by atoms with Crippen molar-refractivity contribution in [3.8, 4) is 0 Å². The van der Waals surface area contributed by atoms with Crippen molar-refractivity contribution in [1.29, 1.82) is 0 Å². The van der Waals surface area contributed by atoms with Crippen molar-refractivity contribution >= 4 is 12.2 Å². The zero-order valence-corrected chi connectivity index (χ0v) is 9.01. The molecule has 0 unspecified atom stereocenters. The molecule has 0 spiro atoms. The van der Waals surface area contributed by atoms with Crippen molar-refractivity contribution < 1.29 is 9.53 Å². The van der Waals surface area contributed by atoms with E-state index in [4.69, 9.17) is 4.74 Å². The third kappa shape index (κ3) is 3.63. The summed E-state index contributed by atoms with van der Waals surface area (Å²) in [5.41, 5.74) is 0.483. The summed E-state index contributed by atoms with van der Waals surface area (Å²) in [5, 5.41) is 0. The molecule has 0 radical (unpaired) electrons. The molecule has 0 aliphatic rings. The molecule has 1 aromatic heterocycles. The lowest BCUT2D eigenvalue weighted by atomic mass is 10.4. The molecule has 0 saturated heterocycles. The summed E-state index contributed by atoms with van der Waals surface area (Å²) < 4.78 is 5.22. The lowest BCUT2D eigenvalue weighted by Crippen LogP contribution is -2.24. The average Bonchev–Trinajstić information content (AvgIpc) is 2.29. The number of anilines is 1. The van der Waals surface area contributed by atoms with Crippen LogP contribution < -0.4 is 4.90 Å². The van der Waals surface area contributed by atoms with E-state index in [2.05, 4.69) is 9.97 Å². The maximum absolute atomic E-state index is 10.4. The zero-order chi connectivity index (χ0) is 11.1. The van der Waals surface area contributed by atoms with Gasteiger partial charge in [-0.2, -0.15) is 0 Å². The van der Waals surface area contributed by atoms with Crippen LogP contribution in [0.1, 0.15) is 17.3 Å². The quantitative estimate of drug-likeness (QED) is 0.511. The Morgan fingerprint density at radius 3 is 2.67 bits per heavy atom. The van der Waals surface area contributed by atoms with Crippen LogP contribution in [0.4, 0.5) is 5.95 Å². The number of hydrogen-bond donors (Lipinski definition) is 0. The Bertz CT molecular complexity index is 300. The minimum atomic E-state index is 0.483. The summed E-state index contributed by atoms with van der Waals surface area (Å²) in [4.78, 5) is 20.4. The van der Waals surface area contributed by atoms with E-state index >= 15 is 0 Å². The van der Waals surface area contributed by atoms with Gasteiger partial charge in [0.1, 0.15) is 0 Å². The summed E-state index contributed by atoms with van der Waals surface area (Å²) in [6.45, 7) is 4.04. The van der Waals surface area contributed by atoms with Gasteiger partial charge in [-0.05, 0) is 6.92 Å². The Morgan fingerprint density at radius 1 is 1.47 bits per heavy atom. The third-order valence-corrected chi connectivity index (χ3v) is 1.91. The van der Waals surface area contributed by atoms with E-state index in [-0.39, 0.29) is 0 Å². The number of ether oxygens (including phenoxy) is 1. The van der Waals surface area contributed by atoms with Crippen molar-refractivity contribution in [3.63, 3.8) is 0 Å². The van der Waals surface area contributed by atoms with Gasteiger partial charge in [-0.1, -0.05) is 0 Å². The smallest absolute Gasteiger partial charge is 0.225 e. The molecule has 0 aromatic carbocycles. The van der Waals surface area contributed by atoms with Gasteiger partial charge in [-0.15, -0.1) is 0 Å². The molecule has 15 heavy (non-hydrogen) atoms. The van der Waals surface area contributed by atoms with E-state index in [0.29, 0.717) is 24.7 Å². The summed E-state index contributed by atoms with van der Waals surface area (Å²) in [7, 11) is 1.88. The number of rotatable bonds is 6. The highest BCUT2D eigenvalue weighted by Gasteiger charge is 2.03. The van der Waals surface area contributed by atoms with E-state index in [1.807, 2.05) is 18.9 Å². The van der Waals surface area contributed by atoms with E-state index in [1.54, 1.807) is 0 Å². The second-order valence-corrected chi connectivity index (χ2v) is 3.05. The first-order chi connectivity index (χ1) is 7.27. The summed E-state index contributed by atoms with van der Waals surface area (Å²) >= 11 is 0. The van der Waals surface area contributed by atoms with Gasteiger partial charge < -0.3 is 9.64 Å². The van der Waals surface area contributed by atoms with E-state index in [9.17, 15) is 4.79 Å². The Labute approximate surface area is 89.1 Å². The fraction of sp³-hybridized carbons (Fsp3) is 0.500. The lowest BCUT2D eigenvalue weighted by molar-refractivity contribution is 0.112. The van der Waals surface area contributed by atoms with Crippen molar-refractivity contribution in [2.45, 2.75) is 6.92 Å². The molecular weight excluding hydrogens is 194 g/mol. The molecule has 1 rings (SSSR count). The molecule has 0 aliphatic carbocycles. The lowest BCUT2D eigenvalue weighted by Gasteiger charge is -2.16. The maximum atomic E-state index is 10.4. The van der Waals surface area contributed by atoms with Crippen LogP contribution in [0.25, 0.3) is 0 Å². The van der Waals surface area contributed by atoms with Gasteiger partial charge >= 0.3 is 0 Å². The van der Waals surface area contributed by atoms with Crippen LogP contribution in [-0.4, -0.2) is 43.1 Å². The second kappa shape index (κ2) is 6.08. The van der Waals surface area contributed by atoms with Gasteiger partial charge in [0.05, 0.1) is 12.2 Å². The van der Waals surface area contributed by atoms with E-state index in [1.165, 1.54) is 12.4 Å². The standard InChI is InChI=1S/C10H15N3O2/c1-3-15-5-4-13(2)10-11-6-9(8-14)7-12-10/h6-8H,3-5H2,1-2H3. The molecular formula is C10H15N3O2. The van der Waals surface area contributed by atoms with Crippen LogP contribution >= 0.6 is 0 Å². The highest BCUT2D eigenvalue weighted by atomic mass is 16.5. The molecule has 0 amide bonds. The van der Waals surface area contributed by atoms with Crippen LogP contribution in [0.15, 0.2) is 12.4 Å². The second-order valence-electron chi connectivity index (χ2n) is 3.05. The topological polar surface area (TPSA) is 55.3 Å². The van der Waals surface area contributed by atoms with Gasteiger partial charge in [-0.3, -0.25) is 4.79 Å². The number of nitrogens with zero attached hydrogens (tertiary/aromatic N) is 3. The van der Waals surface area contributed by atoms with Gasteiger partial charge in [0.15, 0.2) is 6.29 Å². The molecule has 1 aromatic rings. The minimum Gasteiger partial charge on any atom is -0.380 e. The predicted octanol–water partition coefficient (Wildman–Crippen LogP) is 0.762. The summed E-state index contributed by atoms with van der Waals surface area (Å²) in [5.74, 6) is 0.598. The third-order valence-electron chi connectivity index (χ3n) is 1.91. The predicted molar refractivity (Wildman–Crippen MR) is 57.2 cm³/mol. The van der Waals surface area contributed by atoms with Crippen LogP contribution in [0.5, 0.6) is 0 Å². The van der Waals surface area contributed by atoms with Crippen LogP contribution in [0, 0.1) is 0 Å². The molecule has 0 bridgehead atoms. The van der Waals surface area contributed by atoms with E-state index < -0.39 is 0 Å². The van der Waals surface area contributed by atoms with Crippen molar-refractivity contribution in [2.75, 3.05) is 31.7 Å². The molecule has 0 aliphatic heterocycles. The molecule has 1 heterocycles. The fourth-order valence-electron chi connectivity index (χ4n) is 1.04. The van der Waals surface area contributed by atoms with Gasteiger partial charge in [0.2, 0.25) is 5.95 Å². The summed E-state index contributed by atoms with van der Waals surface area (Å²) in [6.07, 6.45) is 3.74. The minimum absolute atomic E-state index is 0.483. The number of aldehydes is 1. The first-order valence-corrected chi connectivity index (χ1v) is 4.84. The van der Waals surface area contributed by atoms with Crippen molar-refractivity contribution in [3.05, 3.63) is 18.0 Å². The number of likely N-dealkylation sites (N-methyl/N-ethyl adjacent to an activating group) is 1. The molecule has 5 heteroatoms. The van der Waals surface area contributed by atoms with Crippen molar-refractivity contribution in [2.24, 2.45) is 0 Å². The largest absolute Gasteiger partial charge is 0.380 e. The Hall–Kier alpha value is -1.49. The van der Waals surface area contributed by atoms with Gasteiger partial charge in [0.25, 0.3) is 0 Å². The van der Waals surface area contributed by atoms with E-state index in [0.717, 1.165) is 12.8 Å². The van der Waals surface area contributed by atoms with Crippen LogP contribution in [0.3, 0.4) is 0 Å². The van der Waals surface area contributed by atoms with Crippen LogP contribution in [0.2, 0.25) is 0 Å². The number of hydrogen-bond acceptors (Lipinski definition) is 5. The van der Waals surface area contributed by atoms with Gasteiger partial charge in [-0.25, -0.2) is 9.97 Å². The molecule has 5 nitrogen and oxygen atoms in total. The van der Waals surface area contributed by atoms with Crippen molar-refractivity contribution in [1.82, 2.24) is 9.97 Å². The average molecular weight is 209 g/mol. The molecule has 0 fully saturated rings. The highest BCUT2D eigenvalue weighted by molar-refractivity contribution is 5.73. The number of carbonyl (C=O) groups is 1. The first-order valence-electron chi connectivity index (χ1n) is 4.84. The number of carbonyl (C=O) groups excluding carboxylic acids is 1. The van der Waals surface area contributed by atoms with Gasteiger partial charge in [0, 0.05) is 32.6 Å². The Morgan fingerprint density at radius 2 is 2.13 bits per heavy atom. The SMILES string of the molecule is CCOCCN(C)c1ncc(C=O)cn1. The van der Waals surface area contributed by atoms with Crippen LogP contribution in [-0.2, 0) is 4.74 Å².